The predicted molar refractivity (Wildman–Crippen MR) is 134 cm³/mol. The van der Waals surface area contributed by atoms with Gasteiger partial charge in [0.2, 0.25) is 10.0 Å². The molecule has 0 bridgehead atoms. The highest BCUT2D eigenvalue weighted by Gasteiger charge is 2.42. The number of aromatic nitrogens is 1. The van der Waals surface area contributed by atoms with Crippen molar-refractivity contribution in [1.82, 2.24) is 9.29 Å². The fraction of sp³-hybridized carbons (Fsp3) is 0.385. The molecule has 1 aromatic heterocycles. The van der Waals surface area contributed by atoms with E-state index in [1.807, 2.05) is 38.1 Å². The Morgan fingerprint density at radius 1 is 1.08 bits per heavy atom. The third-order valence-corrected chi connectivity index (χ3v) is 8.31. The average molecular weight is 515 g/mol. The molecule has 2 aromatic carbocycles. The minimum absolute atomic E-state index is 0.0239. The highest BCUT2D eigenvalue weighted by atomic mass is 32.2. The second-order valence-corrected chi connectivity index (χ2v) is 10.5. The lowest BCUT2D eigenvalue weighted by atomic mass is 10.1. The van der Waals surface area contributed by atoms with E-state index in [4.69, 9.17) is 18.9 Å². The number of hydrogen-bond donors (Lipinski definition) is 0. The Bertz CT molecular complexity index is 1410. The molecule has 1 saturated heterocycles. The van der Waals surface area contributed by atoms with Crippen LogP contribution in [0, 0.1) is 13.8 Å². The molecule has 9 nitrogen and oxygen atoms in total. The van der Waals surface area contributed by atoms with E-state index in [-0.39, 0.29) is 23.8 Å². The maximum Gasteiger partial charge on any atom is 0.324 e. The average Bonchev–Trinajstić information content (AvgIpc) is 3.37. The molecule has 1 aliphatic rings. The number of pyridine rings is 1. The van der Waals surface area contributed by atoms with Crippen LogP contribution in [0.15, 0.2) is 41.3 Å². The molecule has 1 aliphatic heterocycles. The van der Waals surface area contributed by atoms with Crippen molar-refractivity contribution in [3.63, 3.8) is 0 Å². The molecule has 36 heavy (non-hydrogen) atoms. The van der Waals surface area contributed by atoms with Crippen molar-refractivity contribution in [3.8, 4) is 17.2 Å². The third-order valence-electron chi connectivity index (χ3n) is 6.38. The number of para-hydroxylation sites is 1. The molecule has 2 heterocycles. The van der Waals surface area contributed by atoms with Crippen LogP contribution in [0.5, 0.6) is 17.2 Å². The number of methoxy groups -OCH3 is 3. The molecule has 0 unspecified atom stereocenters. The lowest BCUT2D eigenvalue weighted by Gasteiger charge is -2.24. The van der Waals surface area contributed by atoms with Gasteiger partial charge in [0, 0.05) is 17.6 Å². The summed E-state index contributed by atoms with van der Waals surface area (Å²) in [5.74, 6) is 0.492. The summed E-state index contributed by atoms with van der Waals surface area (Å²) in [7, 11) is 0.0585. The first kappa shape index (κ1) is 25.7. The minimum atomic E-state index is -4.08. The molecule has 1 atom stereocenters. The minimum Gasteiger partial charge on any atom is -0.496 e. The molecule has 3 aromatic rings. The van der Waals surface area contributed by atoms with Crippen molar-refractivity contribution in [1.29, 1.82) is 0 Å². The van der Waals surface area contributed by atoms with Crippen LogP contribution in [-0.2, 0) is 26.2 Å². The number of hydrogen-bond acceptors (Lipinski definition) is 8. The zero-order valence-electron chi connectivity index (χ0n) is 21.0. The first-order valence-corrected chi connectivity index (χ1v) is 13.0. The van der Waals surface area contributed by atoms with Crippen LogP contribution >= 0.6 is 0 Å². The van der Waals surface area contributed by atoms with E-state index in [2.05, 4.69) is 4.98 Å². The number of aryl methyl sites for hydroxylation is 2. The van der Waals surface area contributed by atoms with Crippen LogP contribution in [-0.4, -0.2) is 57.6 Å². The van der Waals surface area contributed by atoms with Crippen LogP contribution in [0.1, 0.15) is 29.7 Å². The summed E-state index contributed by atoms with van der Waals surface area (Å²) in [5, 5.41) is 0.969. The van der Waals surface area contributed by atoms with Gasteiger partial charge in [0.1, 0.15) is 40.3 Å². The number of nitrogens with zero attached hydrogens (tertiary/aromatic N) is 2. The fourth-order valence-corrected chi connectivity index (χ4v) is 6.52. The zero-order valence-corrected chi connectivity index (χ0v) is 21.8. The predicted octanol–water partition coefficient (Wildman–Crippen LogP) is 3.77. The molecule has 0 saturated carbocycles. The van der Waals surface area contributed by atoms with Crippen LogP contribution in [0.25, 0.3) is 10.9 Å². The molecular weight excluding hydrogens is 484 g/mol. The molecule has 0 radical (unpaired) electrons. The molecular formula is C26H30N2O7S. The second-order valence-electron chi connectivity index (χ2n) is 8.60. The van der Waals surface area contributed by atoms with Gasteiger partial charge in [-0.3, -0.25) is 4.79 Å². The van der Waals surface area contributed by atoms with Crippen LogP contribution < -0.4 is 14.2 Å². The van der Waals surface area contributed by atoms with Crippen LogP contribution in [0.2, 0.25) is 0 Å². The number of benzene rings is 2. The van der Waals surface area contributed by atoms with E-state index in [1.165, 1.54) is 31.7 Å². The Hall–Kier alpha value is -3.37. The molecule has 192 valence electrons. The summed E-state index contributed by atoms with van der Waals surface area (Å²) in [6, 6.07) is 9.80. The summed E-state index contributed by atoms with van der Waals surface area (Å²) in [6.07, 6.45) is 0.952. The van der Waals surface area contributed by atoms with E-state index in [9.17, 15) is 13.2 Å². The van der Waals surface area contributed by atoms with Crippen LogP contribution in [0.4, 0.5) is 0 Å². The Morgan fingerprint density at radius 2 is 1.86 bits per heavy atom. The molecule has 10 heteroatoms. The van der Waals surface area contributed by atoms with Crippen molar-refractivity contribution in [2.24, 2.45) is 0 Å². The van der Waals surface area contributed by atoms with Gasteiger partial charge in [0.25, 0.3) is 0 Å². The zero-order chi connectivity index (χ0) is 26.0. The maximum absolute atomic E-state index is 13.7. The highest BCUT2D eigenvalue weighted by molar-refractivity contribution is 7.89. The topological polar surface area (TPSA) is 104 Å². The van der Waals surface area contributed by atoms with Crippen LogP contribution in [0.3, 0.4) is 0 Å². The van der Waals surface area contributed by atoms with Gasteiger partial charge in [-0.2, -0.15) is 4.31 Å². The lowest BCUT2D eigenvalue weighted by Crippen LogP contribution is -2.41. The molecule has 0 spiro atoms. The summed E-state index contributed by atoms with van der Waals surface area (Å²) in [4.78, 5) is 16.8. The summed E-state index contributed by atoms with van der Waals surface area (Å²) in [6.45, 7) is 4.12. The molecule has 1 fully saturated rings. The van der Waals surface area contributed by atoms with Gasteiger partial charge in [-0.05, 0) is 56.5 Å². The number of rotatable bonds is 8. The van der Waals surface area contributed by atoms with Crippen molar-refractivity contribution in [2.75, 3.05) is 27.9 Å². The van der Waals surface area contributed by atoms with Gasteiger partial charge in [0.15, 0.2) is 0 Å². The van der Waals surface area contributed by atoms with E-state index in [0.29, 0.717) is 29.9 Å². The second kappa shape index (κ2) is 10.3. The van der Waals surface area contributed by atoms with Crippen molar-refractivity contribution >= 4 is 26.9 Å². The SMILES string of the molecule is COC(=O)[C@@H]1CCCN1S(=O)(=O)c1ccc(OC)c(COc2cccc3c(C)cc(C)nc23)c1OC. The highest BCUT2D eigenvalue weighted by Crippen LogP contribution is 2.39. The third kappa shape index (κ3) is 4.58. The van der Waals surface area contributed by atoms with Gasteiger partial charge in [-0.15, -0.1) is 0 Å². The van der Waals surface area contributed by atoms with E-state index < -0.39 is 22.0 Å². The van der Waals surface area contributed by atoms with E-state index >= 15 is 0 Å². The number of fused-ring (bicyclic) bond motifs is 1. The van der Waals surface area contributed by atoms with Crippen molar-refractivity contribution < 1.29 is 32.2 Å². The Kier molecular flexibility index (Phi) is 7.37. The molecule has 4 rings (SSSR count). The lowest BCUT2D eigenvalue weighted by molar-refractivity contribution is -0.144. The number of carbonyl (C=O) groups is 1. The van der Waals surface area contributed by atoms with Crippen molar-refractivity contribution in [2.45, 2.75) is 44.2 Å². The first-order valence-electron chi connectivity index (χ1n) is 11.6. The van der Waals surface area contributed by atoms with E-state index in [0.717, 1.165) is 22.2 Å². The number of sulfonamides is 1. The van der Waals surface area contributed by atoms with Gasteiger partial charge in [-0.1, -0.05) is 12.1 Å². The summed E-state index contributed by atoms with van der Waals surface area (Å²) >= 11 is 0. The summed E-state index contributed by atoms with van der Waals surface area (Å²) < 4.78 is 50.6. The van der Waals surface area contributed by atoms with Gasteiger partial charge in [-0.25, -0.2) is 13.4 Å². The monoisotopic (exact) mass is 514 g/mol. The smallest absolute Gasteiger partial charge is 0.324 e. The van der Waals surface area contributed by atoms with Gasteiger partial charge in [0.05, 0.1) is 26.9 Å². The van der Waals surface area contributed by atoms with Crippen molar-refractivity contribution in [3.05, 3.63) is 53.2 Å². The Labute approximate surface area is 211 Å². The standard InChI is InChI=1S/C26H30N2O7S/c1-16-14-17(2)27-24-18(16)8-6-10-22(24)35-15-19-21(32-3)11-12-23(25(19)33-4)36(30,31)28-13-7-9-20(28)26(29)34-5/h6,8,10-12,14,20H,7,9,13,15H2,1-5H3/t20-/m0/s1. The Morgan fingerprint density at radius 3 is 2.56 bits per heavy atom. The Balaban J connectivity index is 1.75. The number of ether oxygens (including phenoxy) is 4. The number of esters is 1. The molecule has 0 aliphatic carbocycles. The quantitative estimate of drug-likeness (QED) is 0.419. The summed E-state index contributed by atoms with van der Waals surface area (Å²) in [5.41, 5.74) is 3.09. The molecule has 0 amide bonds. The van der Waals surface area contributed by atoms with E-state index in [1.54, 1.807) is 6.07 Å². The van der Waals surface area contributed by atoms with Gasteiger partial charge < -0.3 is 18.9 Å². The normalized spacial score (nSPS) is 16.2. The first-order chi connectivity index (χ1) is 17.2. The maximum atomic E-state index is 13.7. The fourth-order valence-electron chi connectivity index (χ4n) is 4.69. The largest absolute Gasteiger partial charge is 0.496 e. The molecule has 0 N–H and O–H groups in total. The van der Waals surface area contributed by atoms with Gasteiger partial charge >= 0.3 is 5.97 Å². The number of carbonyl (C=O) groups excluding carboxylic acids is 1.